The van der Waals surface area contributed by atoms with Crippen LogP contribution in [0.3, 0.4) is 0 Å². The highest BCUT2D eigenvalue weighted by molar-refractivity contribution is 7.54. The normalized spacial score (nSPS) is 12.0. The lowest BCUT2D eigenvalue weighted by atomic mass is 10.1. The lowest BCUT2D eigenvalue weighted by molar-refractivity contribution is 0.144. The summed E-state index contributed by atoms with van der Waals surface area (Å²) in [5, 5.41) is 0. The molecular weight excluding hydrogens is 287 g/mol. The van der Waals surface area contributed by atoms with Gasteiger partial charge in [-0.3, -0.25) is 4.57 Å². The van der Waals surface area contributed by atoms with Crippen LogP contribution in [0.25, 0.3) is 5.57 Å². The van der Waals surface area contributed by atoms with Gasteiger partial charge in [-0.15, -0.1) is 0 Å². The van der Waals surface area contributed by atoms with Crippen molar-refractivity contribution < 1.29 is 18.3 Å². The van der Waals surface area contributed by atoms with E-state index in [0.29, 0.717) is 11.3 Å². The smallest absolute Gasteiger partial charge is 0.335 e. The van der Waals surface area contributed by atoms with Crippen LogP contribution in [0, 0.1) is 0 Å². The van der Waals surface area contributed by atoms with Gasteiger partial charge in [-0.25, -0.2) is 0 Å². The van der Waals surface area contributed by atoms with E-state index in [9.17, 15) is 4.57 Å². The van der Waals surface area contributed by atoms with E-state index in [0.717, 1.165) is 5.56 Å². The van der Waals surface area contributed by atoms with Gasteiger partial charge in [-0.05, 0) is 39.3 Å². The van der Waals surface area contributed by atoms with Gasteiger partial charge in [0.1, 0.15) is 5.75 Å². The molecule has 4 nitrogen and oxygen atoms in total. The molecule has 0 spiro atoms. The number of hydrogen-bond donors (Lipinski definition) is 0. The molecule has 118 valence electrons. The van der Waals surface area contributed by atoms with E-state index in [1.165, 1.54) is 0 Å². The van der Waals surface area contributed by atoms with Crippen molar-refractivity contribution in [1.29, 1.82) is 0 Å². The minimum atomic E-state index is -3.24. The van der Waals surface area contributed by atoms with Crippen molar-refractivity contribution in [3.05, 3.63) is 36.4 Å². The van der Waals surface area contributed by atoms with Crippen LogP contribution in [-0.4, -0.2) is 25.5 Å². The highest BCUT2D eigenvalue weighted by Gasteiger charge is 2.29. The van der Waals surface area contributed by atoms with Crippen LogP contribution in [0.2, 0.25) is 0 Å². The summed E-state index contributed by atoms with van der Waals surface area (Å²) in [6, 6.07) is 7.50. The van der Waals surface area contributed by atoms with E-state index in [1.54, 1.807) is 7.11 Å². The minimum Gasteiger partial charge on any atom is -0.496 e. The van der Waals surface area contributed by atoms with Gasteiger partial charge >= 0.3 is 7.60 Å². The van der Waals surface area contributed by atoms with E-state index in [-0.39, 0.29) is 18.4 Å². The van der Waals surface area contributed by atoms with Gasteiger partial charge in [0.15, 0.2) is 0 Å². The van der Waals surface area contributed by atoms with Crippen LogP contribution in [0.4, 0.5) is 0 Å². The molecular formula is C16H25O4P. The molecule has 0 aromatic heterocycles. The highest BCUT2D eigenvalue weighted by Crippen LogP contribution is 2.53. The SMILES string of the molecule is C=C(CP(=O)(OC(C)C)OC(C)C)c1ccccc1OC. The summed E-state index contributed by atoms with van der Waals surface area (Å²) >= 11 is 0. The third-order valence-corrected chi connectivity index (χ3v) is 4.87. The first-order valence-electron chi connectivity index (χ1n) is 7.04. The molecule has 0 fully saturated rings. The first-order chi connectivity index (χ1) is 9.77. The Morgan fingerprint density at radius 1 is 1.14 bits per heavy atom. The third kappa shape index (κ3) is 5.66. The minimum absolute atomic E-state index is 0.143. The zero-order chi connectivity index (χ0) is 16.0. The maximum atomic E-state index is 12.9. The van der Waals surface area contributed by atoms with Gasteiger partial charge in [0.25, 0.3) is 0 Å². The monoisotopic (exact) mass is 312 g/mol. The second-order valence-electron chi connectivity index (χ2n) is 5.38. The zero-order valence-corrected chi connectivity index (χ0v) is 14.4. The Morgan fingerprint density at radius 2 is 1.67 bits per heavy atom. The van der Waals surface area contributed by atoms with Crippen LogP contribution >= 0.6 is 7.60 Å². The van der Waals surface area contributed by atoms with Crippen LogP contribution in [0.1, 0.15) is 33.3 Å². The second kappa shape index (κ2) is 7.79. The molecule has 1 aromatic rings. The maximum absolute atomic E-state index is 12.9. The van der Waals surface area contributed by atoms with Gasteiger partial charge in [0.2, 0.25) is 0 Å². The average Bonchev–Trinajstić information content (AvgIpc) is 2.35. The summed E-state index contributed by atoms with van der Waals surface area (Å²) in [7, 11) is -1.64. The van der Waals surface area contributed by atoms with Crippen molar-refractivity contribution in [2.45, 2.75) is 39.9 Å². The predicted molar refractivity (Wildman–Crippen MR) is 86.9 cm³/mol. The van der Waals surface area contributed by atoms with Crippen molar-refractivity contribution in [3.8, 4) is 5.75 Å². The highest BCUT2D eigenvalue weighted by atomic mass is 31.2. The van der Waals surface area contributed by atoms with E-state index in [4.69, 9.17) is 13.8 Å². The van der Waals surface area contributed by atoms with Crippen molar-refractivity contribution in [3.63, 3.8) is 0 Å². The van der Waals surface area contributed by atoms with Crippen LogP contribution in [-0.2, 0) is 13.6 Å². The Bertz CT molecular complexity index is 509. The molecule has 0 N–H and O–H groups in total. The number of benzene rings is 1. The first kappa shape index (κ1) is 18.0. The molecule has 0 aliphatic rings. The number of hydrogen-bond acceptors (Lipinski definition) is 4. The van der Waals surface area contributed by atoms with Crippen LogP contribution < -0.4 is 4.74 Å². The van der Waals surface area contributed by atoms with Crippen LogP contribution in [0.5, 0.6) is 5.75 Å². The molecule has 0 heterocycles. The number of para-hydroxylation sites is 1. The van der Waals surface area contributed by atoms with Crippen molar-refractivity contribution >= 4 is 13.2 Å². The van der Waals surface area contributed by atoms with E-state index in [2.05, 4.69) is 6.58 Å². The van der Waals surface area contributed by atoms with Gasteiger partial charge in [0.05, 0.1) is 25.5 Å². The number of allylic oxidation sites excluding steroid dienone is 1. The van der Waals surface area contributed by atoms with Crippen LogP contribution in [0.15, 0.2) is 30.8 Å². The maximum Gasteiger partial charge on any atom is 0.335 e. The molecule has 1 rings (SSSR count). The molecule has 0 radical (unpaired) electrons. The zero-order valence-electron chi connectivity index (χ0n) is 13.5. The quantitative estimate of drug-likeness (QED) is 0.650. The summed E-state index contributed by atoms with van der Waals surface area (Å²) < 4.78 is 29.3. The van der Waals surface area contributed by atoms with E-state index in [1.807, 2.05) is 52.0 Å². The molecule has 0 bridgehead atoms. The largest absolute Gasteiger partial charge is 0.496 e. The standard InChI is InChI=1S/C16H25O4P/c1-12(2)19-21(17,20-13(3)4)11-14(5)15-9-7-8-10-16(15)18-6/h7-10,12-13H,5,11H2,1-4,6H3. The molecule has 0 atom stereocenters. The first-order valence-corrected chi connectivity index (χ1v) is 8.77. The summed E-state index contributed by atoms with van der Waals surface area (Å²) in [6.45, 7) is 11.4. The molecule has 0 aliphatic carbocycles. The van der Waals surface area contributed by atoms with Crippen molar-refractivity contribution in [2.75, 3.05) is 13.3 Å². The van der Waals surface area contributed by atoms with Crippen molar-refractivity contribution in [2.24, 2.45) is 0 Å². The Labute approximate surface area is 127 Å². The fourth-order valence-corrected chi connectivity index (χ4v) is 4.12. The third-order valence-electron chi connectivity index (χ3n) is 2.62. The molecule has 0 unspecified atom stereocenters. The second-order valence-corrected chi connectivity index (χ2v) is 7.34. The number of methoxy groups -OCH3 is 1. The van der Waals surface area contributed by atoms with Gasteiger partial charge < -0.3 is 13.8 Å². The van der Waals surface area contributed by atoms with Crippen molar-refractivity contribution in [1.82, 2.24) is 0 Å². The lowest BCUT2D eigenvalue weighted by Gasteiger charge is -2.24. The number of rotatable bonds is 8. The fourth-order valence-electron chi connectivity index (χ4n) is 2.00. The summed E-state index contributed by atoms with van der Waals surface area (Å²) in [4.78, 5) is 0. The van der Waals surface area contributed by atoms with Gasteiger partial charge in [-0.1, -0.05) is 24.8 Å². The lowest BCUT2D eigenvalue weighted by Crippen LogP contribution is -2.11. The Balaban J connectivity index is 2.97. The molecule has 1 aromatic carbocycles. The fraction of sp³-hybridized carbons (Fsp3) is 0.500. The Kier molecular flexibility index (Phi) is 6.66. The molecule has 5 heteroatoms. The Hall–Kier alpha value is -1.09. The van der Waals surface area contributed by atoms with E-state index >= 15 is 0 Å². The molecule has 0 amide bonds. The van der Waals surface area contributed by atoms with Gasteiger partial charge in [0, 0.05) is 5.56 Å². The molecule has 21 heavy (non-hydrogen) atoms. The number of ether oxygens (including phenoxy) is 1. The molecule has 0 aliphatic heterocycles. The molecule has 0 saturated heterocycles. The summed E-state index contributed by atoms with van der Waals surface area (Å²) in [5.41, 5.74) is 1.50. The summed E-state index contributed by atoms with van der Waals surface area (Å²) in [5.74, 6) is 0.697. The van der Waals surface area contributed by atoms with Gasteiger partial charge in [-0.2, -0.15) is 0 Å². The average molecular weight is 312 g/mol. The van der Waals surface area contributed by atoms with E-state index < -0.39 is 7.60 Å². The molecule has 0 saturated carbocycles. The summed E-state index contributed by atoms with van der Waals surface area (Å²) in [6.07, 6.45) is -0.218. The topological polar surface area (TPSA) is 44.8 Å². The predicted octanol–water partition coefficient (Wildman–Crippen LogP) is 4.75. The Morgan fingerprint density at radius 3 is 2.14 bits per heavy atom.